The van der Waals surface area contributed by atoms with Crippen molar-refractivity contribution in [3.63, 3.8) is 0 Å². The van der Waals surface area contributed by atoms with Crippen LogP contribution >= 0.6 is 15.9 Å². The second-order valence-corrected chi connectivity index (χ2v) is 5.65. The molecule has 0 unspecified atom stereocenters. The number of nitrogens with one attached hydrogen (secondary N) is 1. The summed E-state index contributed by atoms with van der Waals surface area (Å²) in [6.45, 7) is 2.27. The molecule has 2 rings (SSSR count). The van der Waals surface area contributed by atoms with Gasteiger partial charge in [0.1, 0.15) is 0 Å². The summed E-state index contributed by atoms with van der Waals surface area (Å²) in [6, 6.07) is 12.7. The Labute approximate surface area is 143 Å². The number of phenolic OH excluding ortho intramolecular Hbond substituents is 1. The number of rotatable bonds is 6. The number of aromatic hydroxyl groups is 1. The molecular formula is C17H17BrN2O3. The van der Waals surface area contributed by atoms with Crippen LogP contribution in [0.15, 0.2) is 52.0 Å². The molecule has 0 aliphatic carbocycles. The third-order valence-corrected chi connectivity index (χ3v) is 3.43. The summed E-state index contributed by atoms with van der Waals surface area (Å²) >= 11 is 3.34. The fraction of sp³-hybridized carbons (Fsp3) is 0.176. The van der Waals surface area contributed by atoms with Gasteiger partial charge in [-0.1, -0.05) is 46.3 Å². The summed E-state index contributed by atoms with van der Waals surface area (Å²) in [5.41, 5.74) is 3.79. The minimum atomic E-state index is -0.230. The summed E-state index contributed by atoms with van der Waals surface area (Å²) in [5.74, 6) is 0.113. The van der Waals surface area contributed by atoms with E-state index in [1.54, 1.807) is 12.1 Å². The van der Waals surface area contributed by atoms with Gasteiger partial charge in [0.15, 0.2) is 11.5 Å². The van der Waals surface area contributed by atoms with Crippen LogP contribution in [0.3, 0.4) is 0 Å². The number of hydrogen-bond donors (Lipinski definition) is 2. The van der Waals surface area contributed by atoms with Gasteiger partial charge in [-0.05, 0) is 24.6 Å². The third kappa shape index (κ3) is 5.10. The molecule has 0 radical (unpaired) electrons. The highest BCUT2D eigenvalue weighted by Gasteiger charge is 2.09. The van der Waals surface area contributed by atoms with E-state index in [0.717, 1.165) is 10.0 Å². The molecular weight excluding hydrogens is 360 g/mol. The molecule has 2 aromatic rings. The summed E-state index contributed by atoms with van der Waals surface area (Å²) in [5, 5.41) is 14.0. The molecule has 0 aliphatic heterocycles. The number of benzene rings is 2. The zero-order chi connectivity index (χ0) is 16.7. The van der Waals surface area contributed by atoms with E-state index in [-0.39, 0.29) is 18.1 Å². The van der Waals surface area contributed by atoms with Gasteiger partial charge < -0.3 is 9.84 Å². The Morgan fingerprint density at radius 3 is 2.78 bits per heavy atom. The quantitative estimate of drug-likeness (QED) is 0.600. The van der Waals surface area contributed by atoms with Crippen LogP contribution in [-0.4, -0.2) is 23.8 Å². The number of carbonyl (C=O) groups excluding carboxylic acids is 1. The van der Waals surface area contributed by atoms with E-state index in [9.17, 15) is 9.90 Å². The second-order valence-electron chi connectivity index (χ2n) is 4.73. The fourth-order valence-corrected chi connectivity index (χ4v) is 2.41. The molecule has 6 heteroatoms. The Bertz CT molecular complexity index is 702. The number of amides is 1. The van der Waals surface area contributed by atoms with Crippen molar-refractivity contribution in [3.8, 4) is 11.5 Å². The van der Waals surface area contributed by atoms with Crippen molar-refractivity contribution < 1.29 is 14.6 Å². The number of hydrogen-bond acceptors (Lipinski definition) is 4. The molecule has 120 valence electrons. The Hall–Kier alpha value is -2.34. The lowest BCUT2D eigenvalue weighted by Crippen LogP contribution is -2.19. The Morgan fingerprint density at radius 1 is 1.35 bits per heavy atom. The number of carbonyl (C=O) groups is 1. The first kappa shape index (κ1) is 17.0. The molecule has 2 aromatic carbocycles. The second kappa shape index (κ2) is 8.33. The van der Waals surface area contributed by atoms with E-state index in [0.29, 0.717) is 17.9 Å². The number of phenols is 1. The third-order valence-electron chi connectivity index (χ3n) is 2.97. The van der Waals surface area contributed by atoms with E-state index in [1.165, 1.54) is 6.21 Å². The highest BCUT2D eigenvalue weighted by molar-refractivity contribution is 9.10. The van der Waals surface area contributed by atoms with Crippen molar-refractivity contribution in [3.05, 3.63) is 58.1 Å². The lowest BCUT2D eigenvalue weighted by Gasteiger charge is -2.08. The minimum Gasteiger partial charge on any atom is -0.504 e. The molecule has 5 nitrogen and oxygen atoms in total. The lowest BCUT2D eigenvalue weighted by molar-refractivity contribution is -0.120. The van der Waals surface area contributed by atoms with E-state index >= 15 is 0 Å². The number of ether oxygens (including phenoxy) is 1. The molecule has 0 atom stereocenters. The molecule has 0 saturated carbocycles. The Kier molecular flexibility index (Phi) is 6.17. The van der Waals surface area contributed by atoms with Crippen LogP contribution in [0.25, 0.3) is 0 Å². The first-order valence-electron chi connectivity index (χ1n) is 7.11. The largest absolute Gasteiger partial charge is 0.504 e. The van der Waals surface area contributed by atoms with Crippen LogP contribution in [0.2, 0.25) is 0 Å². The Balaban J connectivity index is 2.01. The molecule has 0 bridgehead atoms. The van der Waals surface area contributed by atoms with Crippen LogP contribution in [0.1, 0.15) is 18.1 Å². The maximum Gasteiger partial charge on any atom is 0.244 e. The zero-order valence-electron chi connectivity index (χ0n) is 12.6. The van der Waals surface area contributed by atoms with Crippen molar-refractivity contribution in [1.82, 2.24) is 5.43 Å². The summed E-state index contributed by atoms with van der Waals surface area (Å²) in [4.78, 5) is 11.8. The number of hydrazone groups is 1. The van der Waals surface area contributed by atoms with Crippen molar-refractivity contribution in [1.29, 1.82) is 0 Å². The van der Waals surface area contributed by atoms with Gasteiger partial charge in [0.2, 0.25) is 5.91 Å². The van der Waals surface area contributed by atoms with Crippen molar-refractivity contribution in [2.24, 2.45) is 5.10 Å². The molecule has 0 fully saturated rings. The minimum absolute atomic E-state index is 0.0175. The van der Waals surface area contributed by atoms with Crippen molar-refractivity contribution >= 4 is 28.1 Å². The van der Waals surface area contributed by atoms with Gasteiger partial charge in [-0.3, -0.25) is 4.79 Å². The van der Waals surface area contributed by atoms with Gasteiger partial charge in [-0.15, -0.1) is 0 Å². The van der Waals surface area contributed by atoms with E-state index in [4.69, 9.17) is 4.74 Å². The van der Waals surface area contributed by atoms with Crippen LogP contribution in [0.4, 0.5) is 0 Å². The van der Waals surface area contributed by atoms with E-state index < -0.39 is 0 Å². The Morgan fingerprint density at radius 2 is 2.09 bits per heavy atom. The standard InChI is InChI=1S/C17H17BrN2O3/c1-2-23-15-10-14(18)9-13(17(15)22)11-19-20-16(21)8-12-6-4-3-5-7-12/h3-7,9-11,22H,2,8H2,1H3,(H,20,21)/b19-11+. The van der Waals surface area contributed by atoms with E-state index in [1.807, 2.05) is 37.3 Å². The lowest BCUT2D eigenvalue weighted by atomic mass is 10.1. The highest BCUT2D eigenvalue weighted by atomic mass is 79.9. The molecule has 0 saturated heterocycles. The van der Waals surface area contributed by atoms with Gasteiger partial charge in [0.25, 0.3) is 0 Å². The van der Waals surface area contributed by atoms with Gasteiger partial charge in [-0.2, -0.15) is 5.10 Å². The molecule has 23 heavy (non-hydrogen) atoms. The van der Waals surface area contributed by atoms with Crippen molar-refractivity contribution in [2.75, 3.05) is 6.61 Å². The summed E-state index contributed by atoms with van der Waals surface area (Å²) in [7, 11) is 0. The van der Waals surface area contributed by atoms with Gasteiger partial charge in [-0.25, -0.2) is 5.43 Å². The fourth-order valence-electron chi connectivity index (χ4n) is 1.95. The van der Waals surface area contributed by atoms with E-state index in [2.05, 4.69) is 26.5 Å². The predicted octanol–water partition coefficient (Wildman–Crippen LogP) is 3.25. The molecule has 0 aliphatic rings. The normalized spacial score (nSPS) is 10.7. The van der Waals surface area contributed by atoms with Crippen LogP contribution in [0.5, 0.6) is 11.5 Å². The smallest absolute Gasteiger partial charge is 0.244 e. The molecule has 2 N–H and O–H groups in total. The number of halogens is 1. The average Bonchev–Trinajstić information content (AvgIpc) is 2.53. The molecule has 0 spiro atoms. The average molecular weight is 377 g/mol. The highest BCUT2D eigenvalue weighted by Crippen LogP contribution is 2.32. The maximum absolute atomic E-state index is 11.8. The summed E-state index contributed by atoms with van der Waals surface area (Å²) < 4.78 is 6.08. The monoisotopic (exact) mass is 376 g/mol. The molecule has 0 aromatic heterocycles. The van der Waals surface area contributed by atoms with Crippen LogP contribution < -0.4 is 10.2 Å². The van der Waals surface area contributed by atoms with Gasteiger partial charge in [0, 0.05) is 10.0 Å². The van der Waals surface area contributed by atoms with Gasteiger partial charge in [0.05, 0.1) is 19.2 Å². The predicted molar refractivity (Wildman–Crippen MR) is 92.9 cm³/mol. The molecule has 0 heterocycles. The van der Waals surface area contributed by atoms with Crippen molar-refractivity contribution in [2.45, 2.75) is 13.3 Å². The first-order valence-corrected chi connectivity index (χ1v) is 7.90. The number of nitrogens with zero attached hydrogens (tertiary/aromatic N) is 1. The SMILES string of the molecule is CCOc1cc(Br)cc(/C=N/NC(=O)Cc2ccccc2)c1O. The van der Waals surface area contributed by atoms with Crippen LogP contribution in [0, 0.1) is 0 Å². The summed E-state index contributed by atoms with van der Waals surface area (Å²) in [6.07, 6.45) is 1.62. The zero-order valence-corrected chi connectivity index (χ0v) is 14.2. The molecule has 1 amide bonds. The first-order chi connectivity index (χ1) is 11.1. The van der Waals surface area contributed by atoms with Gasteiger partial charge >= 0.3 is 0 Å². The maximum atomic E-state index is 11.8. The topological polar surface area (TPSA) is 70.9 Å². The van der Waals surface area contributed by atoms with Crippen LogP contribution in [-0.2, 0) is 11.2 Å².